The second kappa shape index (κ2) is 7.02. The molecule has 3 rings (SSSR count). The van der Waals surface area contributed by atoms with Crippen molar-refractivity contribution < 1.29 is 0 Å². The molecule has 1 heteroatoms. The number of hydrogen-bond donors (Lipinski definition) is 0. The normalized spacial score (nSPS) is 20.7. The van der Waals surface area contributed by atoms with E-state index in [0.717, 1.165) is 17.3 Å². The highest BCUT2D eigenvalue weighted by molar-refractivity contribution is 6.34. The molecule has 0 atom stereocenters. The quantitative estimate of drug-likeness (QED) is 0.594. The molecule has 0 unspecified atom stereocenters. The van der Waals surface area contributed by atoms with E-state index in [2.05, 4.69) is 59.7 Å². The van der Waals surface area contributed by atoms with Crippen molar-refractivity contribution in [2.45, 2.75) is 73.1 Å². The molecule has 2 radical (unpaired) electrons. The summed E-state index contributed by atoms with van der Waals surface area (Å²) >= 11 is 0. The first-order chi connectivity index (χ1) is 11.8. The molecular formula is C24H31B. The second-order valence-corrected chi connectivity index (χ2v) is 8.31. The van der Waals surface area contributed by atoms with Crippen LogP contribution in [0.5, 0.6) is 0 Å². The zero-order chi connectivity index (χ0) is 18.3. The molecule has 130 valence electrons. The van der Waals surface area contributed by atoms with E-state index in [0.29, 0.717) is 0 Å². The van der Waals surface area contributed by atoms with E-state index >= 15 is 0 Å². The Morgan fingerprint density at radius 2 is 1.36 bits per heavy atom. The van der Waals surface area contributed by atoms with E-state index in [1.54, 1.807) is 5.56 Å². The van der Waals surface area contributed by atoms with Crippen LogP contribution in [0.3, 0.4) is 0 Å². The Balaban J connectivity index is 2.04. The standard InChI is InChI=1S/C24H31B/c1-14-7-9-20(10-8-14)21-11-12-22(17(4)16(21)3)23-13-15(2)24(25)19(6)18(23)5/h11-14,20H,7-10H2,1-6H3. The Hall–Kier alpha value is -1.50. The Morgan fingerprint density at radius 3 is 2.00 bits per heavy atom. The predicted molar refractivity (Wildman–Crippen MR) is 111 cm³/mol. The van der Waals surface area contributed by atoms with Crippen molar-refractivity contribution in [2.75, 3.05) is 0 Å². The maximum Gasteiger partial charge on any atom is 0.114 e. The van der Waals surface area contributed by atoms with Crippen molar-refractivity contribution in [1.29, 1.82) is 0 Å². The fourth-order valence-corrected chi connectivity index (χ4v) is 4.53. The van der Waals surface area contributed by atoms with Crippen LogP contribution in [-0.2, 0) is 0 Å². The fraction of sp³-hybridized carbons (Fsp3) is 0.500. The molecule has 0 heterocycles. The summed E-state index contributed by atoms with van der Waals surface area (Å²) < 4.78 is 0. The highest BCUT2D eigenvalue weighted by Gasteiger charge is 2.22. The molecule has 1 saturated carbocycles. The minimum atomic E-state index is 0.750. The Bertz CT molecular complexity index is 792. The monoisotopic (exact) mass is 330 g/mol. The van der Waals surface area contributed by atoms with E-state index in [-0.39, 0.29) is 0 Å². The summed E-state index contributed by atoms with van der Waals surface area (Å²) in [5.74, 6) is 1.65. The molecule has 0 N–H and O–H groups in total. The van der Waals surface area contributed by atoms with Crippen LogP contribution in [0.1, 0.15) is 71.9 Å². The SMILES string of the molecule is [B]c1c(C)cc(-c2ccc(C3CCC(C)CC3)c(C)c2C)c(C)c1C. The summed E-state index contributed by atoms with van der Waals surface area (Å²) in [6.07, 6.45) is 5.44. The van der Waals surface area contributed by atoms with Gasteiger partial charge in [-0.2, -0.15) is 0 Å². The zero-order valence-corrected chi connectivity index (χ0v) is 16.8. The molecule has 1 aliphatic rings. The molecule has 0 aliphatic heterocycles. The van der Waals surface area contributed by atoms with Gasteiger partial charge in [0.25, 0.3) is 0 Å². The van der Waals surface area contributed by atoms with E-state index in [1.807, 2.05) is 0 Å². The fourth-order valence-electron chi connectivity index (χ4n) is 4.53. The molecule has 0 nitrogen and oxygen atoms in total. The average Bonchev–Trinajstić information content (AvgIpc) is 2.60. The van der Waals surface area contributed by atoms with Crippen molar-refractivity contribution in [1.82, 2.24) is 0 Å². The van der Waals surface area contributed by atoms with Crippen LogP contribution < -0.4 is 5.46 Å². The van der Waals surface area contributed by atoms with Crippen molar-refractivity contribution in [3.63, 3.8) is 0 Å². The molecule has 0 bridgehead atoms. The maximum atomic E-state index is 6.23. The van der Waals surface area contributed by atoms with Gasteiger partial charge in [-0.25, -0.2) is 0 Å². The van der Waals surface area contributed by atoms with Crippen molar-refractivity contribution >= 4 is 13.3 Å². The third kappa shape index (κ3) is 3.31. The van der Waals surface area contributed by atoms with Gasteiger partial charge in [0.1, 0.15) is 7.85 Å². The minimum absolute atomic E-state index is 0.750. The topological polar surface area (TPSA) is 0 Å². The van der Waals surface area contributed by atoms with E-state index in [1.165, 1.54) is 64.6 Å². The molecule has 25 heavy (non-hydrogen) atoms. The molecule has 0 spiro atoms. The summed E-state index contributed by atoms with van der Waals surface area (Å²) in [5.41, 5.74) is 11.9. The van der Waals surface area contributed by atoms with Crippen LogP contribution in [0, 0.1) is 40.5 Å². The number of hydrogen-bond acceptors (Lipinski definition) is 0. The van der Waals surface area contributed by atoms with Gasteiger partial charge >= 0.3 is 0 Å². The molecule has 0 amide bonds. The number of aryl methyl sites for hydroxylation is 1. The molecule has 2 aromatic carbocycles. The molecule has 0 aromatic heterocycles. The Kier molecular flexibility index (Phi) is 5.14. The lowest BCUT2D eigenvalue weighted by Gasteiger charge is -2.29. The van der Waals surface area contributed by atoms with Crippen LogP contribution in [0.25, 0.3) is 11.1 Å². The van der Waals surface area contributed by atoms with Gasteiger partial charge in [0, 0.05) is 0 Å². The summed E-state index contributed by atoms with van der Waals surface area (Å²) in [5, 5.41) is 0. The second-order valence-electron chi connectivity index (χ2n) is 8.31. The Morgan fingerprint density at radius 1 is 0.760 bits per heavy atom. The van der Waals surface area contributed by atoms with E-state index in [4.69, 9.17) is 7.85 Å². The smallest absolute Gasteiger partial charge is 0.0906 e. The lowest BCUT2D eigenvalue weighted by Crippen LogP contribution is -2.14. The van der Waals surface area contributed by atoms with Gasteiger partial charge < -0.3 is 0 Å². The number of rotatable bonds is 2. The molecule has 0 saturated heterocycles. The van der Waals surface area contributed by atoms with Crippen LogP contribution in [0.2, 0.25) is 0 Å². The molecule has 1 fully saturated rings. The predicted octanol–water partition coefficient (Wildman–Crippen LogP) is 5.98. The zero-order valence-electron chi connectivity index (χ0n) is 16.8. The number of benzene rings is 2. The third-order valence-corrected chi connectivity index (χ3v) is 6.73. The van der Waals surface area contributed by atoms with Crippen molar-refractivity contribution in [3.8, 4) is 11.1 Å². The van der Waals surface area contributed by atoms with Gasteiger partial charge in [0.15, 0.2) is 0 Å². The van der Waals surface area contributed by atoms with Gasteiger partial charge in [-0.3, -0.25) is 0 Å². The van der Waals surface area contributed by atoms with Crippen molar-refractivity contribution in [3.05, 3.63) is 51.6 Å². The van der Waals surface area contributed by atoms with Gasteiger partial charge in [0.05, 0.1) is 0 Å². The lowest BCUT2D eigenvalue weighted by atomic mass is 9.76. The van der Waals surface area contributed by atoms with Crippen LogP contribution in [-0.4, -0.2) is 7.85 Å². The molecule has 2 aromatic rings. The molecule has 1 aliphatic carbocycles. The minimum Gasteiger partial charge on any atom is -0.0906 e. The van der Waals surface area contributed by atoms with Gasteiger partial charge in [-0.05, 0) is 92.7 Å². The summed E-state index contributed by atoms with van der Waals surface area (Å²) in [6, 6.07) is 7.02. The van der Waals surface area contributed by atoms with Gasteiger partial charge in [0.2, 0.25) is 0 Å². The summed E-state index contributed by atoms with van der Waals surface area (Å²) in [4.78, 5) is 0. The van der Waals surface area contributed by atoms with Crippen LogP contribution >= 0.6 is 0 Å². The van der Waals surface area contributed by atoms with Crippen molar-refractivity contribution in [2.24, 2.45) is 5.92 Å². The average molecular weight is 330 g/mol. The third-order valence-electron chi connectivity index (χ3n) is 6.73. The largest absolute Gasteiger partial charge is 0.114 e. The lowest BCUT2D eigenvalue weighted by molar-refractivity contribution is 0.347. The first-order valence-electron chi connectivity index (χ1n) is 9.78. The van der Waals surface area contributed by atoms with Crippen LogP contribution in [0.15, 0.2) is 18.2 Å². The van der Waals surface area contributed by atoms with Gasteiger partial charge in [-0.15, -0.1) is 0 Å². The molecular weight excluding hydrogens is 299 g/mol. The van der Waals surface area contributed by atoms with Crippen LogP contribution in [0.4, 0.5) is 0 Å². The maximum absolute atomic E-state index is 6.23. The first-order valence-corrected chi connectivity index (χ1v) is 9.78. The van der Waals surface area contributed by atoms with E-state index < -0.39 is 0 Å². The summed E-state index contributed by atoms with van der Waals surface area (Å²) in [7, 11) is 6.23. The highest BCUT2D eigenvalue weighted by Crippen LogP contribution is 2.40. The first kappa shape index (κ1) is 18.3. The Labute approximate surface area is 155 Å². The van der Waals surface area contributed by atoms with Gasteiger partial charge in [-0.1, -0.05) is 54.6 Å². The summed E-state index contributed by atoms with van der Waals surface area (Å²) in [6.45, 7) is 13.5. The highest BCUT2D eigenvalue weighted by atomic mass is 14.3. The van der Waals surface area contributed by atoms with E-state index in [9.17, 15) is 0 Å².